The average molecular weight is 320 g/mol. The third kappa shape index (κ3) is 2.88. The SMILES string of the molecule is NCc1cc(C(=O)N2CCNCC2c2ccccc2Cl)co1. The molecule has 3 N–H and O–H groups in total. The topological polar surface area (TPSA) is 71.5 Å². The van der Waals surface area contributed by atoms with E-state index in [9.17, 15) is 4.79 Å². The van der Waals surface area contributed by atoms with Crippen LogP contribution in [0.2, 0.25) is 5.02 Å². The van der Waals surface area contributed by atoms with Gasteiger partial charge in [0.2, 0.25) is 0 Å². The first-order valence-corrected chi connectivity index (χ1v) is 7.62. The Morgan fingerprint density at radius 1 is 1.45 bits per heavy atom. The van der Waals surface area contributed by atoms with Gasteiger partial charge in [-0.3, -0.25) is 4.79 Å². The van der Waals surface area contributed by atoms with E-state index in [0.29, 0.717) is 29.4 Å². The summed E-state index contributed by atoms with van der Waals surface area (Å²) in [5.74, 6) is 0.544. The molecule has 1 saturated heterocycles. The molecule has 0 saturated carbocycles. The molecule has 1 fully saturated rings. The highest BCUT2D eigenvalue weighted by Gasteiger charge is 2.30. The maximum atomic E-state index is 12.8. The number of nitrogens with two attached hydrogens (primary N) is 1. The highest BCUT2D eigenvalue weighted by Crippen LogP contribution is 2.29. The Bertz CT molecular complexity index is 671. The molecule has 0 spiro atoms. The average Bonchev–Trinajstić information content (AvgIpc) is 3.04. The molecular formula is C16H18ClN3O2. The molecule has 1 aliphatic heterocycles. The molecular weight excluding hydrogens is 302 g/mol. The molecule has 1 aliphatic rings. The number of carbonyl (C=O) groups excluding carboxylic acids is 1. The number of piperazine rings is 1. The Morgan fingerprint density at radius 3 is 3.00 bits per heavy atom. The monoisotopic (exact) mass is 319 g/mol. The first-order chi connectivity index (χ1) is 10.7. The fourth-order valence-electron chi connectivity index (χ4n) is 2.74. The number of hydrogen-bond donors (Lipinski definition) is 2. The van der Waals surface area contributed by atoms with Crippen molar-refractivity contribution in [1.29, 1.82) is 0 Å². The van der Waals surface area contributed by atoms with Crippen LogP contribution in [0, 0.1) is 0 Å². The quantitative estimate of drug-likeness (QED) is 0.909. The predicted octanol–water partition coefficient (Wildman–Crippen LogP) is 2.18. The van der Waals surface area contributed by atoms with Gasteiger partial charge in [-0.25, -0.2) is 0 Å². The zero-order valence-corrected chi connectivity index (χ0v) is 12.8. The summed E-state index contributed by atoms with van der Waals surface area (Å²) in [5.41, 5.74) is 7.01. The van der Waals surface area contributed by atoms with Crippen molar-refractivity contribution in [2.24, 2.45) is 5.73 Å². The predicted molar refractivity (Wildman–Crippen MR) is 84.7 cm³/mol. The molecule has 1 aromatic carbocycles. The van der Waals surface area contributed by atoms with Gasteiger partial charge in [-0.05, 0) is 17.7 Å². The maximum Gasteiger partial charge on any atom is 0.257 e. The Morgan fingerprint density at radius 2 is 2.27 bits per heavy atom. The zero-order chi connectivity index (χ0) is 15.5. The maximum absolute atomic E-state index is 12.8. The highest BCUT2D eigenvalue weighted by molar-refractivity contribution is 6.31. The van der Waals surface area contributed by atoms with Gasteiger partial charge in [0.05, 0.1) is 18.2 Å². The van der Waals surface area contributed by atoms with Gasteiger partial charge in [0.15, 0.2) is 0 Å². The molecule has 22 heavy (non-hydrogen) atoms. The number of benzene rings is 1. The van der Waals surface area contributed by atoms with Crippen LogP contribution in [0.3, 0.4) is 0 Å². The zero-order valence-electron chi connectivity index (χ0n) is 12.1. The summed E-state index contributed by atoms with van der Waals surface area (Å²) in [4.78, 5) is 14.6. The van der Waals surface area contributed by atoms with Crippen LogP contribution in [0.1, 0.15) is 27.7 Å². The number of nitrogens with one attached hydrogen (secondary N) is 1. The molecule has 0 radical (unpaired) electrons. The second kappa shape index (κ2) is 6.52. The summed E-state index contributed by atoms with van der Waals surface area (Å²) in [5, 5.41) is 3.99. The van der Waals surface area contributed by atoms with E-state index in [4.69, 9.17) is 21.8 Å². The minimum absolute atomic E-state index is 0.0603. The van der Waals surface area contributed by atoms with Crippen LogP contribution in [0.5, 0.6) is 0 Å². The van der Waals surface area contributed by atoms with Gasteiger partial charge in [0, 0.05) is 24.7 Å². The Balaban J connectivity index is 1.89. The molecule has 2 aromatic rings. The summed E-state index contributed by atoms with van der Waals surface area (Å²) in [6.07, 6.45) is 1.47. The Hall–Kier alpha value is -1.82. The van der Waals surface area contributed by atoms with E-state index in [0.717, 1.165) is 12.1 Å². The van der Waals surface area contributed by atoms with E-state index in [1.807, 2.05) is 29.2 Å². The number of amides is 1. The molecule has 6 heteroatoms. The summed E-state index contributed by atoms with van der Waals surface area (Å²) >= 11 is 6.30. The lowest BCUT2D eigenvalue weighted by Gasteiger charge is -2.36. The number of furan rings is 1. The molecule has 1 aromatic heterocycles. The summed E-state index contributed by atoms with van der Waals surface area (Å²) < 4.78 is 5.28. The lowest BCUT2D eigenvalue weighted by Crippen LogP contribution is -2.48. The first-order valence-electron chi connectivity index (χ1n) is 7.24. The molecule has 116 valence electrons. The van der Waals surface area contributed by atoms with Gasteiger partial charge in [0.1, 0.15) is 12.0 Å². The third-order valence-electron chi connectivity index (χ3n) is 3.87. The normalized spacial score (nSPS) is 18.5. The van der Waals surface area contributed by atoms with Gasteiger partial charge < -0.3 is 20.4 Å². The number of hydrogen-bond acceptors (Lipinski definition) is 4. The van der Waals surface area contributed by atoms with Crippen molar-refractivity contribution >= 4 is 17.5 Å². The van der Waals surface area contributed by atoms with Crippen LogP contribution in [0.15, 0.2) is 41.0 Å². The number of halogens is 1. The van der Waals surface area contributed by atoms with Gasteiger partial charge in [-0.15, -0.1) is 0 Å². The molecule has 3 rings (SSSR count). The molecule has 0 bridgehead atoms. The number of carbonyl (C=O) groups is 1. The first kappa shape index (κ1) is 15.1. The summed E-state index contributed by atoms with van der Waals surface area (Å²) in [6.45, 7) is 2.34. The summed E-state index contributed by atoms with van der Waals surface area (Å²) in [6, 6.07) is 9.24. The Kier molecular flexibility index (Phi) is 4.47. The van der Waals surface area contributed by atoms with Gasteiger partial charge in [-0.2, -0.15) is 0 Å². The van der Waals surface area contributed by atoms with Gasteiger partial charge in [-0.1, -0.05) is 29.8 Å². The number of nitrogens with zero attached hydrogens (tertiary/aromatic N) is 1. The van der Waals surface area contributed by atoms with Crippen LogP contribution in [-0.2, 0) is 6.54 Å². The molecule has 2 heterocycles. The standard InChI is InChI=1S/C16H18ClN3O2/c17-14-4-2-1-3-13(14)15-9-19-5-6-20(15)16(21)11-7-12(8-18)22-10-11/h1-4,7,10,15,19H,5-6,8-9,18H2. The van der Waals surface area contributed by atoms with Crippen molar-refractivity contribution in [2.45, 2.75) is 12.6 Å². The molecule has 1 unspecified atom stereocenters. The van der Waals surface area contributed by atoms with Crippen molar-refractivity contribution in [3.05, 3.63) is 58.5 Å². The molecule has 1 amide bonds. The second-order valence-electron chi connectivity index (χ2n) is 5.25. The van der Waals surface area contributed by atoms with E-state index in [-0.39, 0.29) is 18.5 Å². The molecule has 5 nitrogen and oxygen atoms in total. The van der Waals surface area contributed by atoms with Crippen molar-refractivity contribution < 1.29 is 9.21 Å². The van der Waals surface area contributed by atoms with E-state index in [1.165, 1.54) is 6.26 Å². The smallest absolute Gasteiger partial charge is 0.257 e. The van der Waals surface area contributed by atoms with Gasteiger partial charge in [0.25, 0.3) is 5.91 Å². The fourth-order valence-corrected chi connectivity index (χ4v) is 3.00. The number of rotatable bonds is 3. The second-order valence-corrected chi connectivity index (χ2v) is 5.65. The lowest BCUT2D eigenvalue weighted by atomic mass is 10.0. The van der Waals surface area contributed by atoms with Gasteiger partial charge >= 0.3 is 0 Å². The van der Waals surface area contributed by atoms with Crippen LogP contribution in [0.4, 0.5) is 0 Å². The van der Waals surface area contributed by atoms with Crippen LogP contribution >= 0.6 is 11.6 Å². The minimum Gasteiger partial charge on any atom is -0.467 e. The van der Waals surface area contributed by atoms with Crippen LogP contribution in [-0.4, -0.2) is 30.4 Å². The van der Waals surface area contributed by atoms with E-state index < -0.39 is 0 Å². The van der Waals surface area contributed by atoms with E-state index in [2.05, 4.69) is 5.32 Å². The fraction of sp³-hybridized carbons (Fsp3) is 0.312. The van der Waals surface area contributed by atoms with Crippen molar-refractivity contribution in [3.63, 3.8) is 0 Å². The molecule has 0 aliphatic carbocycles. The largest absolute Gasteiger partial charge is 0.467 e. The molecule has 1 atom stereocenters. The summed E-state index contributed by atoms with van der Waals surface area (Å²) in [7, 11) is 0. The van der Waals surface area contributed by atoms with Crippen LogP contribution < -0.4 is 11.1 Å². The highest BCUT2D eigenvalue weighted by atomic mass is 35.5. The third-order valence-corrected chi connectivity index (χ3v) is 4.21. The minimum atomic E-state index is -0.0915. The lowest BCUT2D eigenvalue weighted by molar-refractivity contribution is 0.0634. The van der Waals surface area contributed by atoms with Crippen LogP contribution in [0.25, 0.3) is 0 Å². The van der Waals surface area contributed by atoms with E-state index >= 15 is 0 Å². The van der Waals surface area contributed by atoms with Crippen molar-refractivity contribution in [3.8, 4) is 0 Å². The van der Waals surface area contributed by atoms with E-state index in [1.54, 1.807) is 6.07 Å². The van der Waals surface area contributed by atoms with Crippen molar-refractivity contribution in [2.75, 3.05) is 19.6 Å². The van der Waals surface area contributed by atoms with Crippen molar-refractivity contribution in [1.82, 2.24) is 10.2 Å². The Labute approximate surface area is 134 Å².